The molecule has 140 valence electrons. The van der Waals surface area contributed by atoms with Gasteiger partial charge in [0, 0.05) is 47.5 Å². The van der Waals surface area contributed by atoms with Gasteiger partial charge in [-0.15, -0.1) is 0 Å². The highest BCUT2D eigenvalue weighted by Gasteiger charge is 2.16. The van der Waals surface area contributed by atoms with E-state index in [4.69, 9.17) is 5.73 Å². The number of nitrogens with two attached hydrogens (primary N) is 1. The van der Waals surface area contributed by atoms with Gasteiger partial charge in [0.1, 0.15) is 0 Å². The number of aromatic nitrogens is 2. The maximum Gasteiger partial charge on any atom is 0.0702 e. The third kappa shape index (κ3) is 3.37. The van der Waals surface area contributed by atoms with Crippen molar-refractivity contribution in [1.29, 1.82) is 0 Å². The van der Waals surface area contributed by atoms with Crippen LogP contribution in [0.5, 0.6) is 0 Å². The number of hydrogen-bond acceptors (Lipinski definition) is 4. The summed E-state index contributed by atoms with van der Waals surface area (Å²) in [6.45, 7) is 3.15. The van der Waals surface area contributed by atoms with Crippen LogP contribution in [0.15, 0.2) is 67.1 Å². The van der Waals surface area contributed by atoms with E-state index in [2.05, 4.69) is 57.3 Å². The molecule has 3 heterocycles. The molecule has 1 aliphatic rings. The summed E-state index contributed by atoms with van der Waals surface area (Å²) >= 11 is 0. The monoisotopic (exact) mass is 368 g/mol. The molecule has 2 N–H and O–H groups in total. The summed E-state index contributed by atoms with van der Waals surface area (Å²) in [5.74, 6) is 0. The quantitative estimate of drug-likeness (QED) is 0.583. The maximum absolute atomic E-state index is 6.05. The van der Waals surface area contributed by atoms with Gasteiger partial charge >= 0.3 is 0 Å². The Kier molecular flexibility index (Phi) is 4.51. The van der Waals surface area contributed by atoms with E-state index < -0.39 is 0 Å². The molecule has 1 fully saturated rings. The first-order valence-electron chi connectivity index (χ1n) is 9.96. The zero-order valence-electron chi connectivity index (χ0n) is 15.9. The minimum Gasteiger partial charge on any atom is -0.328 e. The minimum atomic E-state index is 0.368. The third-order valence-electron chi connectivity index (χ3n) is 5.78. The smallest absolute Gasteiger partial charge is 0.0702 e. The molecule has 1 saturated heterocycles. The second kappa shape index (κ2) is 7.30. The maximum atomic E-state index is 6.05. The van der Waals surface area contributed by atoms with Crippen LogP contribution in [-0.4, -0.2) is 34.0 Å². The number of piperidine rings is 1. The van der Waals surface area contributed by atoms with Crippen molar-refractivity contribution in [3.05, 3.63) is 72.7 Å². The van der Waals surface area contributed by atoms with Crippen LogP contribution < -0.4 is 5.73 Å². The van der Waals surface area contributed by atoms with Crippen LogP contribution in [0.2, 0.25) is 0 Å². The summed E-state index contributed by atoms with van der Waals surface area (Å²) in [6, 6.07) is 17.6. The predicted molar refractivity (Wildman–Crippen MR) is 115 cm³/mol. The van der Waals surface area contributed by atoms with Crippen molar-refractivity contribution in [2.45, 2.75) is 25.4 Å². The molecule has 0 unspecified atom stereocenters. The van der Waals surface area contributed by atoms with E-state index in [1.54, 1.807) is 0 Å². The molecule has 4 nitrogen and oxygen atoms in total. The molecule has 1 aliphatic heterocycles. The van der Waals surface area contributed by atoms with Gasteiger partial charge in [-0.1, -0.05) is 24.3 Å². The van der Waals surface area contributed by atoms with Gasteiger partial charge in [-0.2, -0.15) is 0 Å². The second-order valence-corrected chi connectivity index (χ2v) is 7.77. The second-order valence-electron chi connectivity index (χ2n) is 7.77. The number of benzene rings is 2. The fourth-order valence-corrected chi connectivity index (χ4v) is 4.15. The highest BCUT2D eigenvalue weighted by molar-refractivity contribution is 5.98. The molecular formula is C24H24N4. The van der Waals surface area contributed by atoms with Crippen molar-refractivity contribution < 1.29 is 0 Å². The van der Waals surface area contributed by atoms with Crippen molar-refractivity contribution in [3.63, 3.8) is 0 Å². The number of pyridine rings is 2. The summed E-state index contributed by atoms with van der Waals surface area (Å²) in [7, 11) is 0. The Bertz CT molecular complexity index is 1130. The van der Waals surface area contributed by atoms with Crippen LogP contribution in [0.3, 0.4) is 0 Å². The summed E-state index contributed by atoms with van der Waals surface area (Å²) in [6.07, 6.45) is 7.94. The Morgan fingerprint density at radius 1 is 0.964 bits per heavy atom. The van der Waals surface area contributed by atoms with Gasteiger partial charge in [0.15, 0.2) is 0 Å². The lowest BCUT2D eigenvalue weighted by atomic mass is 9.97. The topological polar surface area (TPSA) is 55.0 Å². The highest BCUT2D eigenvalue weighted by atomic mass is 15.1. The zero-order valence-corrected chi connectivity index (χ0v) is 15.9. The number of hydrogen-bond donors (Lipinski definition) is 1. The van der Waals surface area contributed by atoms with Crippen LogP contribution in [0.25, 0.3) is 32.8 Å². The van der Waals surface area contributed by atoms with Crippen molar-refractivity contribution in [2.75, 3.05) is 13.1 Å². The summed E-state index contributed by atoms with van der Waals surface area (Å²) in [5, 5.41) is 3.58. The van der Waals surface area contributed by atoms with Gasteiger partial charge in [0.25, 0.3) is 0 Å². The number of nitrogens with zero attached hydrogens (tertiary/aromatic N) is 3. The van der Waals surface area contributed by atoms with E-state index >= 15 is 0 Å². The lowest BCUT2D eigenvalue weighted by molar-refractivity contribution is 0.206. The SMILES string of the molecule is NC1CCN(Cc2ccc3cncc(-c4ccc5ncccc5c4)c3c2)CC1. The Balaban J connectivity index is 1.53. The fraction of sp³-hybridized carbons (Fsp3) is 0.250. The van der Waals surface area contributed by atoms with Crippen LogP contribution in [0, 0.1) is 0 Å². The Hall–Kier alpha value is -2.82. The molecule has 4 aromatic rings. The predicted octanol–water partition coefficient (Wildman–Crippen LogP) is 4.37. The first-order chi connectivity index (χ1) is 13.8. The van der Waals surface area contributed by atoms with Gasteiger partial charge < -0.3 is 5.73 Å². The van der Waals surface area contributed by atoms with Gasteiger partial charge in [-0.25, -0.2) is 0 Å². The van der Waals surface area contributed by atoms with Crippen molar-refractivity contribution in [2.24, 2.45) is 5.73 Å². The average molecular weight is 368 g/mol. The number of likely N-dealkylation sites (tertiary alicyclic amines) is 1. The van der Waals surface area contributed by atoms with Crippen molar-refractivity contribution in [3.8, 4) is 11.1 Å². The van der Waals surface area contributed by atoms with Crippen molar-refractivity contribution in [1.82, 2.24) is 14.9 Å². The van der Waals surface area contributed by atoms with E-state index in [0.717, 1.165) is 43.4 Å². The Labute approximate surface area is 165 Å². The van der Waals surface area contributed by atoms with E-state index in [9.17, 15) is 0 Å². The molecule has 5 rings (SSSR count). The largest absolute Gasteiger partial charge is 0.328 e. The first-order valence-corrected chi connectivity index (χ1v) is 9.96. The summed E-state index contributed by atoms with van der Waals surface area (Å²) < 4.78 is 0. The van der Waals surface area contributed by atoms with Crippen LogP contribution in [0.4, 0.5) is 0 Å². The lowest BCUT2D eigenvalue weighted by Crippen LogP contribution is -2.39. The summed E-state index contributed by atoms with van der Waals surface area (Å²) in [5.41, 5.74) is 10.8. The highest BCUT2D eigenvalue weighted by Crippen LogP contribution is 2.30. The van der Waals surface area contributed by atoms with E-state index in [0.29, 0.717) is 6.04 Å². The first kappa shape index (κ1) is 17.3. The molecule has 0 spiro atoms. The van der Waals surface area contributed by atoms with E-state index in [1.807, 2.05) is 24.7 Å². The van der Waals surface area contributed by atoms with Crippen LogP contribution in [-0.2, 0) is 6.54 Å². The molecule has 0 amide bonds. The molecule has 0 radical (unpaired) electrons. The normalized spacial score (nSPS) is 16.0. The molecule has 4 heteroatoms. The number of fused-ring (bicyclic) bond motifs is 2. The molecule has 2 aromatic heterocycles. The lowest BCUT2D eigenvalue weighted by Gasteiger charge is -2.30. The molecule has 0 aliphatic carbocycles. The molecular weight excluding hydrogens is 344 g/mol. The fourth-order valence-electron chi connectivity index (χ4n) is 4.15. The average Bonchev–Trinajstić information content (AvgIpc) is 2.74. The van der Waals surface area contributed by atoms with Gasteiger partial charge in [0.2, 0.25) is 0 Å². The van der Waals surface area contributed by atoms with Crippen LogP contribution >= 0.6 is 0 Å². The molecule has 0 atom stereocenters. The summed E-state index contributed by atoms with van der Waals surface area (Å²) in [4.78, 5) is 11.4. The van der Waals surface area contributed by atoms with E-state index in [1.165, 1.54) is 27.5 Å². The van der Waals surface area contributed by atoms with Gasteiger partial charge in [-0.05, 0) is 66.7 Å². The number of rotatable bonds is 3. The van der Waals surface area contributed by atoms with Crippen LogP contribution in [0.1, 0.15) is 18.4 Å². The Morgan fingerprint density at radius 2 is 1.86 bits per heavy atom. The van der Waals surface area contributed by atoms with E-state index in [-0.39, 0.29) is 0 Å². The van der Waals surface area contributed by atoms with Crippen molar-refractivity contribution >= 4 is 21.7 Å². The molecule has 0 saturated carbocycles. The minimum absolute atomic E-state index is 0.368. The Morgan fingerprint density at radius 3 is 2.75 bits per heavy atom. The molecule has 0 bridgehead atoms. The molecule has 2 aromatic carbocycles. The zero-order chi connectivity index (χ0) is 18.9. The standard InChI is InChI=1S/C24H24N4/c25-21-7-10-28(11-8-21)16-17-3-4-20-14-26-15-23(22(20)12-17)18-5-6-24-19(13-18)2-1-9-27-24/h1-6,9,12-15,21H,7-8,10-11,16,25H2. The third-order valence-corrected chi connectivity index (χ3v) is 5.78. The van der Waals surface area contributed by atoms with Gasteiger partial charge in [0.05, 0.1) is 5.52 Å². The van der Waals surface area contributed by atoms with Gasteiger partial charge in [-0.3, -0.25) is 14.9 Å². The molecule has 28 heavy (non-hydrogen) atoms.